The second kappa shape index (κ2) is 4.65. The first kappa shape index (κ1) is 13.0. The monoisotopic (exact) mass is 258 g/mol. The predicted octanol–water partition coefficient (Wildman–Crippen LogP) is -1.41. The van der Waals surface area contributed by atoms with Gasteiger partial charge in [-0.2, -0.15) is 0 Å². The number of aromatic nitrogens is 2. The Labute approximate surface area is 102 Å². The van der Waals surface area contributed by atoms with Crippen LogP contribution in [0.4, 0.5) is 0 Å². The quantitative estimate of drug-likeness (QED) is 0.482. The fourth-order valence-corrected chi connectivity index (χ4v) is 2.25. The molecule has 0 bridgehead atoms. The Hall–Kier alpha value is -1.48. The van der Waals surface area contributed by atoms with E-state index in [0.29, 0.717) is 0 Å². The molecule has 2 unspecified atom stereocenters. The molecule has 2 atom stereocenters. The van der Waals surface area contributed by atoms with E-state index < -0.39 is 25.4 Å². The summed E-state index contributed by atoms with van der Waals surface area (Å²) < 4.78 is 0.449. The summed E-state index contributed by atoms with van der Waals surface area (Å²) in [6.45, 7) is -1.48. The Kier molecular flexibility index (Phi) is 3.35. The lowest BCUT2D eigenvalue weighted by atomic mass is 9.94. The van der Waals surface area contributed by atoms with Crippen LogP contribution in [0, 0.1) is 10.1 Å². The van der Waals surface area contributed by atoms with E-state index in [9.17, 15) is 20.3 Å². The molecule has 0 spiro atoms. The van der Waals surface area contributed by atoms with Crippen LogP contribution in [0.1, 0.15) is 47.8 Å². The molecule has 0 amide bonds. The van der Waals surface area contributed by atoms with Gasteiger partial charge in [0.1, 0.15) is 30.2 Å². The lowest BCUT2D eigenvalue weighted by Gasteiger charge is -2.28. The number of nitrogens with zero attached hydrogens (tertiary/aromatic N) is 2. The Morgan fingerprint density at radius 2 is 1.83 bits per heavy atom. The fourth-order valence-electron chi connectivity index (χ4n) is 2.25. The second-order valence-electron chi connectivity index (χ2n) is 4.18. The number of hydrogen-bond acceptors (Lipinski definition) is 6. The van der Waals surface area contributed by atoms with Crippen LogP contribution in [0.5, 0.6) is 0 Å². The van der Waals surface area contributed by atoms with Gasteiger partial charge in [0.05, 0.1) is 11.0 Å². The number of aliphatic hydroxyl groups is 4. The zero-order chi connectivity index (χ0) is 13.4. The average Bonchev–Trinajstić information content (AvgIpc) is 2.35. The van der Waals surface area contributed by atoms with Gasteiger partial charge in [0.25, 0.3) is 11.4 Å². The van der Waals surface area contributed by atoms with Gasteiger partial charge in [-0.15, -0.1) is 0 Å². The molecule has 0 aromatic carbocycles. The van der Waals surface area contributed by atoms with E-state index >= 15 is 0 Å². The largest absolute Gasteiger partial charge is 0.805 e. The standard InChI is InChI=1S/C10H14N2O6/c13-3-5-6(4-14)12(18)10-8(16)2-1-7(15)9(10)11(5)17/h7-8,13-16H,1-4H2. The van der Waals surface area contributed by atoms with E-state index in [1.807, 2.05) is 0 Å². The van der Waals surface area contributed by atoms with Crippen molar-refractivity contribution in [2.45, 2.75) is 38.3 Å². The average molecular weight is 258 g/mol. The first-order valence-corrected chi connectivity index (χ1v) is 5.51. The highest BCUT2D eigenvalue weighted by molar-refractivity contribution is 5.23. The highest BCUT2D eigenvalue weighted by Crippen LogP contribution is 2.34. The summed E-state index contributed by atoms with van der Waals surface area (Å²) in [5.41, 5.74) is -1.16. The van der Waals surface area contributed by atoms with Crippen molar-refractivity contribution in [1.82, 2.24) is 4.73 Å². The van der Waals surface area contributed by atoms with Crippen LogP contribution in [-0.4, -0.2) is 25.2 Å². The molecule has 0 saturated heterocycles. The minimum Gasteiger partial charge on any atom is -0.805 e. The van der Waals surface area contributed by atoms with Gasteiger partial charge in [-0.05, 0) is 12.8 Å². The van der Waals surface area contributed by atoms with Gasteiger partial charge < -0.3 is 30.4 Å². The molecule has 0 radical (unpaired) electrons. The van der Waals surface area contributed by atoms with Crippen molar-refractivity contribution in [3.8, 4) is 0 Å². The van der Waals surface area contributed by atoms with Crippen molar-refractivity contribution in [3.63, 3.8) is 0 Å². The van der Waals surface area contributed by atoms with Gasteiger partial charge in [0.15, 0.2) is 0 Å². The van der Waals surface area contributed by atoms with Crippen LogP contribution in [-0.2, 0) is 13.2 Å². The topological polar surface area (TPSA) is 132 Å². The first-order chi connectivity index (χ1) is 8.52. The molecule has 100 valence electrons. The molecule has 1 aromatic heterocycles. The van der Waals surface area contributed by atoms with E-state index in [2.05, 4.69) is 0 Å². The first-order valence-electron chi connectivity index (χ1n) is 5.51. The van der Waals surface area contributed by atoms with Crippen LogP contribution in [0.15, 0.2) is 0 Å². The van der Waals surface area contributed by atoms with E-state index in [0.717, 1.165) is 0 Å². The Bertz CT molecular complexity index is 526. The van der Waals surface area contributed by atoms with Crippen LogP contribution in [0.25, 0.3) is 0 Å². The van der Waals surface area contributed by atoms with Gasteiger partial charge in [0, 0.05) is 4.91 Å². The lowest BCUT2D eigenvalue weighted by molar-refractivity contribution is -0.527. The van der Waals surface area contributed by atoms with Gasteiger partial charge in [0.2, 0.25) is 0 Å². The second-order valence-corrected chi connectivity index (χ2v) is 4.18. The molecule has 1 heterocycles. The van der Waals surface area contributed by atoms with Gasteiger partial charge in [-0.25, -0.2) is 0 Å². The van der Waals surface area contributed by atoms with Gasteiger partial charge >= 0.3 is 0 Å². The summed E-state index contributed by atoms with van der Waals surface area (Å²) >= 11 is 0. The van der Waals surface area contributed by atoms with E-state index in [-0.39, 0.29) is 44.8 Å². The third-order valence-electron chi connectivity index (χ3n) is 3.17. The van der Waals surface area contributed by atoms with Crippen molar-refractivity contribution >= 4 is 0 Å². The van der Waals surface area contributed by atoms with Crippen LogP contribution in [0.2, 0.25) is 0 Å². The summed E-state index contributed by atoms with van der Waals surface area (Å²) in [6.07, 6.45) is -2.03. The maximum absolute atomic E-state index is 12.0. The Morgan fingerprint density at radius 1 is 1.22 bits per heavy atom. The molecule has 18 heavy (non-hydrogen) atoms. The third kappa shape index (κ3) is 1.70. The molecule has 0 aliphatic heterocycles. The molecular formula is C10H14N2O6. The fraction of sp³-hybridized carbons (Fsp3) is 0.600. The van der Waals surface area contributed by atoms with E-state index in [1.165, 1.54) is 0 Å². The molecule has 4 N–H and O–H groups in total. The maximum Gasteiger partial charge on any atom is 0.289 e. The molecule has 8 heteroatoms. The van der Waals surface area contributed by atoms with E-state index in [4.69, 9.17) is 10.2 Å². The van der Waals surface area contributed by atoms with Crippen LogP contribution < -0.4 is 4.43 Å². The Morgan fingerprint density at radius 3 is 2.39 bits per heavy atom. The highest BCUT2D eigenvalue weighted by atomic mass is 16.5. The van der Waals surface area contributed by atoms with Crippen LogP contribution in [0.3, 0.4) is 0 Å². The molecule has 1 aliphatic rings. The number of rotatable bonds is 2. The minimum absolute atomic E-state index is 0.153. The number of fused-ring (bicyclic) bond motifs is 1. The third-order valence-corrected chi connectivity index (χ3v) is 3.17. The summed E-state index contributed by atoms with van der Waals surface area (Å²) in [5, 5.41) is 49.6. The highest BCUT2D eigenvalue weighted by Gasteiger charge is 2.38. The SMILES string of the molecule is O=[n+]1c(CO)c(CO)n([O-])c2c1C(O)CCC2O. The molecule has 2 rings (SSSR count). The zero-order valence-electron chi connectivity index (χ0n) is 9.48. The summed E-state index contributed by atoms with van der Waals surface area (Å²) in [6, 6.07) is 0. The normalized spacial score (nSPS) is 22.9. The summed E-state index contributed by atoms with van der Waals surface area (Å²) in [4.78, 5) is 12.0. The van der Waals surface area contributed by atoms with Gasteiger partial charge in [-0.1, -0.05) is 0 Å². The molecule has 0 fully saturated rings. The zero-order valence-corrected chi connectivity index (χ0v) is 9.48. The number of hydrogen-bond donors (Lipinski definition) is 4. The van der Waals surface area contributed by atoms with Gasteiger partial charge in [-0.3, -0.25) is 0 Å². The van der Waals surface area contributed by atoms with Crippen molar-refractivity contribution < 1.29 is 24.9 Å². The summed E-state index contributed by atoms with van der Waals surface area (Å²) in [5.74, 6) is 0. The van der Waals surface area contributed by atoms with Crippen molar-refractivity contribution in [2.24, 2.45) is 0 Å². The predicted molar refractivity (Wildman–Crippen MR) is 57.6 cm³/mol. The van der Waals surface area contributed by atoms with E-state index in [1.54, 1.807) is 0 Å². The molecule has 1 aliphatic carbocycles. The van der Waals surface area contributed by atoms with Crippen molar-refractivity contribution in [3.05, 3.63) is 32.9 Å². The molecule has 8 nitrogen and oxygen atoms in total. The summed E-state index contributed by atoms with van der Waals surface area (Å²) in [7, 11) is 0. The molecular weight excluding hydrogens is 244 g/mol. The number of aliphatic hydroxyl groups excluding tert-OH is 4. The smallest absolute Gasteiger partial charge is 0.289 e. The molecule has 1 aromatic rings. The minimum atomic E-state index is -1.17. The lowest BCUT2D eigenvalue weighted by Crippen LogP contribution is -2.38. The Balaban J connectivity index is 2.83. The van der Waals surface area contributed by atoms with Crippen molar-refractivity contribution in [1.29, 1.82) is 0 Å². The van der Waals surface area contributed by atoms with Crippen molar-refractivity contribution in [2.75, 3.05) is 0 Å². The molecule has 0 saturated carbocycles. The van der Waals surface area contributed by atoms with Crippen LogP contribution >= 0.6 is 0 Å². The maximum atomic E-state index is 12.0.